The van der Waals surface area contributed by atoms with Crippen LogP contribution in [0.15, 0.2) is 22.0 Å². The van der Waals surface area contributed by atoms with Gasteiger partial charge in [-0.25, -0.2) is 4.79 Å². The van der Waals surface area contributed by atoms with Crippen molar-refractivity contribution in [2.45, 2.75) is 11.1 Å². The Morgan fingerprint density at radius 2 is 2.29 bits per heavy atom. The Kier molecular flexibility index (Phi) is 3.01. The molecule has 0 aliphatic carbocycles. The monoisotopic (exact) mass is 256 g/mol. The van der Waals surface area contributed by atoms with Gasteiger partial charge in [0.15, 0.2) is 0 Å². The Hall–Kier alpha value is -1.63. The average Bonchev–Trinajstić information content (AvgIpc) is 2.67. The third-order valence-corrected chi connectivity index (χ3v) is 4.09. The molecule has 2 heterocycles. The first-order valence-corrected chi connectivity index (χ1v) is 6.31. The van der Waals surface area contributed by atoms with E-state index < -0.39 is 22.8 Å². The fourth-order valence-corrected chi connectivity index (χ4v) is 3.21. The molecule has 1 aromatic heterocycles. The van der Waals surface area contributed by atoms with Gasteiger partial charge in [0, 0.05) is 7.05 Å². The number of anilines is 1. The predicted molar refractivity (Wildman–Crippen MR) is 62.6 cm³/mol. The highest BCUT2D eigenvalue weighted by molar-refractivity contribution is 7.85. The topological polar surface area (TPSA) is 77.4 Å². The summed E-state index contributed by atoms with van der Waals surface area (Å²) >= 11 is 0. The summed E-state index contributed by atoms with van der Waals surface area (Å²) in [6.07, 6.45) is 0. The number of rotatable bonds is 2. The minimum Gasteiger partial charge on any atom is -0.467 e. The lowest BCUT2D eigenvalue weighted by atomic mass is 10.3. The van der Waals surface area contributed by atoms with Crippen molar-refractivity contribution in [3.63, 3.8) is 0 Å². The molecule has 7 heteroatoms. The lowest BCUT2D eigenvalue weighted by Crippen LogP contribution is -2.30. The summed E-state index contributed by atoms with van der Waals surface area (Å²) in [7, 11) is 1.52. The van der Waals surface area contributed by atoms with E-state index >= 15 is 0 Å². The Labute approximate surface area is 100 Å². The van der Waals surface area contributed by atoms with Gasteiger partial charge in [-0.2, -0.15) is 0 Å². The lowest BCUT2D eigenvalue weighted by molar-refractivity contribution is -0.143. The molecular weight excluding hydrogens is 244 g/mol. The Morgan fingerprint density at radius 1 is 1.59 bits per heavy atom. The molecule has 92 valence electrons. The summed E-state index contributed by atoms with van der Waals surface area (Å²) in [5.41, 5.74) is 0.00723. The fourth-order valence-electron chi connectivity index (χ4n) is 1.82. The first-order valence-electron chi connectivity index (χ1n) is 4.99. The summed E-state index contributed by atoms with van der Waals surface area (Å²) < 4.78 is 17.6. The van der Waals surface area contributed by atoms with E-state index in [0.29, 0.717) is 10.7 Å². The van der Waals surface area contributed by atoms with E-state index in [1.165, 1.54) is 11.7 Å². The second kappa shape index (κ2) is 4.33. The van der Waals surface area contributed by atoms with Crippen molar-refractivity contribution in [1.29, 1.82) is 0 Å². The van der Waals surface area contributed by atoms with Crippen LogP contribution in [0.5, 0.6) is 0 Å². The van der Waals surface area contributed by atoms with Crippen LogP contribution < -0.4 is 10.9 Å². The highest BCUT2D eigenvalue weighted by atomic mass is 32.2. The summed E-state index contributed by atoms with van der Waals surface area (Å²) in [5.74, 6) is -0.456. The standard InChI is InChI=1S/C10H12N2O4S/c1-11-6-3-4-8-12(9(6)13)7(5-17(8)15)10(14)16-2/h3-4,7,11H,5H2,1-2H3/t7-,17+/m0/s1. The number of methoxy groups -OCH3 is 1. The number of nitrogens with zero attached hydrogens (tertiary/aromatic N) is 1. The fraction of sp³-hybridized carbons (Fsp3) is 0.400. The smallest absolute Gasteiger partial charge is 0.329 e. The number of hydrogen-bond acceptors (Lipinski definition) is 5. The number of carbonyl (C=O) groups excluding carboxylic acids is 1. The number of esters is 1. The SMILES string of the molecule is CNc1ccc2n(c1=O)[C@H](C(=O)OC)C[S@]2=O. The van der Waals surface area contributed by atoms with Crippen molar-refractivity contribution in [3.8, 4) is 0 Å². The molecule has 6 nitrogen and oxygen atoms in total. The van der Waals surface area contributed by atoms with Crippen LogP contribution >= 0.6 is 0 Å². The van der Waals surface area contributed by atoms with E-state index in [2.05, 4.69) is 10.1 Å². The van der Waals surface area contributed by atoms with Crippen LogP contribution in [-0.2, 0) is 20.3 Å². The van der Waals surface area contributed by atoms with Gasteiger partial charge >= 0.3 is 5.97 Å². The van der Waals surface area contributed by atoms with Gasteiger partial charge < -0.3 is 10.1 Å². The second-order valence-electron chi connectivity index (χ2n) is 3.56. The number of carbonyl (C=O) groups is 1. The minimum atomic E-state index is -1.34. The summed E-state index contributed by atoms with van der Waals surface area (Å²) in [6.45, 7) is 0. The molecule has 1 aromatic rings. The Bertz CT molecular complexity index is 552. The Balaban J connectivity index is 2.62. The molecule has 0 saturated heterocycles. The largest absolute Gasteiger partial charge is 0.467 e. The van der Waals surface area contributed by atoms with Crippen molar-refractivity contribution in [2.24, 2.45) is 0 Å². The number of hydrogen-bond donors (Lipinski definition) is 1. The molecule has 2 atom stereocenters. The number of fused-ring (bicyclic) bond motifs is 1. The first-order chi connectivity index (χ1) is 8.10. The normalized spacial score (nSPS) is 22.0. The van der Waals surface area contributed by atoms with Crippen molar-refractivity contribution < 1.29 is 13.7 Å². The maximum Gasteiger partial charge on any atom is 0.329 e. The van der Waals surface area contributed by atoms with Crippen molar-refractivity contribution in [2.75, 3.05) is 25.2 Å². The molecule has 1 aliphatic heterocycles. The molecule has 0 bridgehead atoms. The predicted octanol–water partition coefficient (Wildman–Crippen LogP) is -0.275. The van der Waals surface area contributed by atoms with E-state index in [1.54, 1.807) is 19.2 Å². The molecule has 0 fully saturated rings. The van der Waals surface area contributed by atoms with Gasteiger partial charge in [-0.1, -0.05) is 0 Å². The van der Waals surface area contributed by atoms with Crippen molar-refractivity contribution in [1.82, 2.24) is 4.57 Å². The van der Waals surface area contributed by atoms with Gasteiger partial charge in [-0.15, -0.1) is 0 Å². The summed E-state index contributed by atoms with van der Waals surface area (Å²) in [6, 6.07) is 2.36. The second-order valence-corrected chi connectivity index (χ2v) is 5.00. The van der Waals surface area contributed by atoms with Crippen LogP contribution in [0.2, 0.25) is 0 Å². The molecule has 0 saturated carbocycles. The van der Waals surface area contributed by atoms with Gasteiger partial charge in [0.05, 0.1) is 23.7 Å². The summed E-state index contributed by atoms with van der Waals surface area (Å²) in [4.78, 5) is 23.6. The number of ether oxygens (including phenoxy) is 1. The van der Waals surface area contributed by atoms with Crippen LogP contribution in [0.3, 0.4) is 0 Å². The molecule has 2 rings (SSSR count). The van der Waals surface area contributed by atoms with Crippen LogP contribution in [0.4, 0.5) is 5.69 Å². The van der Waals surface area contributed by atoms with Gasteiger partial charge in [0.25, 0.3) is 5.56 Å². The highest BCUT2D eigenvalue weighted by Gasteiger charge is 2.35. The molecule has 0 amide bonds. The molecule has 0 aromatic carbocycles. The lowest BCUT2D eigenvalue weighted by Gasteiger charge is -2.11. The third-order valence-electron chi connectivity index (χ3n) is 2.68. The van der Waals surface area contributed by atoms with Crippen LogP contribution in [0, 0.1) is 0 Å². The van der Waals surface area contributed by atoms with Gasteiger partial charge in [0.1, 0.15) is 16.8 Å². The molecule has 0 unspecified atom stereocenters. The van der Waals surface area contributed by atoms with E-state index in [4.69, 9.17) is 0 Å². The maximum absolute atomic E-state index is 12.0. The zero-order valence-corrected chi connectivity index (χ0v) is 10.2. The molecule has 1 N–H and O–H groups in total. The van der Waals surface area contributed by atoms with Crippen molar-refractivity contribution >= 4 is 22.5 Å². The molecule has 1 aliphatic rings. The number of nitrogens with one attached hydrogen (secondary N) is 1. The molecule has 0 spiro atoms. The van der Waals surface area contributed by atoms with Crippen LogP contribution in [0.1, 0.15) is 6.04 Å². The maximum atomic E-state index is 12.0. The quantitative estimate of drug-likeness (QED) is 0.737. The third kappa shape index (κ3) is 1.76. The average molecular weight is 256 g/mol. The zero-order valence-electron chi connectivity index (χ0n) is 9.43. The highest BCUT2D eigenvalue weighted by Crippen LogP contribution is 2.24. The number of pyridine rings is 1. The van der Waals surface area contributed by atoms with Gasteiger partial charge in [-0.3, -0.25) is 13.6 Å². The molecular formula is C10H12N2O4S. The first kappa shape index (κ1) is 11.8. The van der Waals surface area contributed by atoms with Gasteiger partial charge in [0.2, 0.25) is 0 Å². The van der Waals surface area contributed by atoms with E-state index in [0.717, 1.165) is 0 Å². The molecule has 17 heavy (non-hydrogen) atoms. The number of aromatic nitrogens is 1. The van der Waals surface area contributed by atoms with E-state index in [9.17, 15) is 13.8 Å². The minimum absolute atomic E-state index is 0.0923. The molecule has 0 radical (unpaired) electrons. The van der Waals surface area contributed by atoms with E-state index in [-0.39, 0.29) is 11.3 Å². The zero-order chi connectivity index (χ0) is 12.6. The van der Waals surface area contributed by atoms with Crippen LogP contribution in [-0.4, -0.2) is 34.7 Å². The van der Waals surface area contributed by atoms with E-state index in [1.807, 2.05) is 0 Å². The van der Waals surface area contributed by atoms with Gasteiger partial charge in [-0.05, 0) is 12.1 Å². The Morgan fingerprint density at radius 3 is 2.88 bits per heavy atom. The van der Waals surface area contributed by atoms with Crippen molar-refractivity contribution in [3.05, 3.63) is 22.5 Å². The van der Waals surface area contributed by atoms with Crippen LogP contribution in [0.25, 0.3) is 0 Å². The summed E-state index contributed by atoms with van der Waals surface area (Å²) in [5, 5.41) is 3.10.